The Morgan fingerprint density at radius 3 is 2.84 bits per heavy atom. The quantitative estimate of drug-likeness (QED) is 0.761. The van der Waals surface area contributed by atoms with Crippen LogP contribution < -0.4 is 5.73 Å². The molecule has 0 spiro atoms. The van der Waals surface area contributed by atoms with E-state index in [1.807, 2.05) is 25.1 Å². The third-order valence-corrected chi connectivity index (χ3v) is 4.10. The molecule has 100 valence electrons. The summed E-state index contributed by atoms with van der Waals surface area (Å²) in [5.74, 6) is 0. The highest BCUT2D eigenvalue weighted by molar-refractivity contribution is 5.95. The molecule has 1 aliphatic carbocycles. The van der Waals surface area contributed by atoms with E-state index in [0.717, 1.165) is 40.6 Å². The summed E-state index contributed by atoms with van der Waals surface area (Å²) >= 11 is 0. The lowest BCUT2D eigenvalue weighted by Crippen LogP contribution is -2.27. The second-order valence-electron chi connectivity index (χ2n) is 6.42. The number of nitrogens with two attached hydrogens (primary N) is 1. The lowest BCUT2D eigenvalue weighted by molar-refractivity contribution is 0.0992. The molecule has 0 aliphatic heterocycles. The molecule has 1 atom stereocenters. The number of aromatic nitrogens is 1. The molecule has 1 heterocycles. The number of pyridine rings is 1. The van der Waals surface area contributed by atoms with Crippen molar-refractivity contribution in [2.45, 2.75) is 39.7 Å². The Morgan fingerprint density at radius 1 is 1.37 bits per heavy atom. The minimum Gasteiger partial charge on any atom is -0.398 e. The van der Waals surface area contributed by atoms with E-state index in [-0.39, 0.29) is 5.41 Å². The normalized spacial score (nSPS) is 21.4. The van der Waals surface area contributed by atoms with Gasteiger partial charge in [0.15, 0.2) is 0 Å². The van der Waals surface area contributed by atoms with Gasteiger partial charge in [0.25, 0.3) is 0 Å². The predicted molar refractivity (Wildman–Crippen MR) is 78.0 cm³/mol. The fraction of sp³-hybridized carbons (Fsp3) is 0.438. The number of hydrogen-bond acceptors (Lipinski definition) is 3. The lowest BCUT2D eigenvalue weighted by atomic mass is 9.74. The van der Waals surface area contributed by atoms with Gasteiger partial charge in [-0.2, -0.15) is 0 Å². The Labute approximate surface area is 113 Å². The van der Waals surface area contributed by atoms with Crippen LogP contribution in [0.4, 0.5) is 5.69 Å². The molecule has 0 fully saturated rings. The molecule has 3 heteroatoms. The van der Waals surface area contributed by atoms with E-state index in [2.05, 4.69) is 13.8 Å². The van der Waals surface area contributed by atoms with Gasteiger partial charge in [-0.15, -0.1) is 0 Å². The van der Waals surface area contributed by atoms with E-state index in [0.29, 0.717) is 5.69 Å². The molecule has 1 aromatic heterocycles. The number of anilines is 1. The van der Waals surface area contributed by atoms with Crippen molar-refractivity contribution in [3.05, 3.63) is 35.0 Å². The van der Waals surface area contributed by atoms with Crippen molar-refractivity contribution in [1.82, 2.24) is 4.98 Å². The molecule has 0 bridgehead atoms. The van der Waals surface area contributed by atoms with E-state index in [4.69, 9.17) is 10.7 Å². The van der Waals surface area contributed by atoms with Crippen molar-refractivity contribution in [2.75, 3.05) is 5.73 Å². The number of nitrogen functional groups attached to an aromatic ring is 1. The number of aliphatic hydroxyl groups excluding tert-OH is 1. The van der Waals surface area contributed by atoms with Crippen LogP contribution >= 0.6 is 0 Å². The van der Waals surface area contributed by atoms with Gasteiger partial charge in [-0.1, -0.05) is 26.0 Å². The maximum absolute atomic E-state index is 10.4. The number of rotatable bonds is 0. The zero-order valence-electron chi connectivity index (χ0n) is 11.7. The Kier molecular flexibility index (Phi) is 2.58. The van der Waals surface area contributed by atoms with Crippen LogP contribution in [0.25, 0.3) is 10.9 Å². The molecule has 0 saturated heterocycles. The second-order valence-corrected chi connectivity index (χ2v) is 6.42. The fourth-order valence-corrected chi connectivity index (χ4v) is 3.25. The zero-order valence-corrected chi connectivity index (χ0v) is 11.7. The summed E-state index contributed by atoms with van der Waals surface area (Å²) in [5.41, 5.74) is 11.0. The van der Waals surface area contributed by atoms with E-state index in [1.165, 1.54) is 0 Å². The van der Waals surface area contributed by atoms with Crippen molar-refractivity contribution in [3.63, 3.8) is 0 Å². The minimum absolute atomic E-state index is 0.0728. The molecule has 1 aliphatic rings. The van der Waals surface area contributed by atoms with Crippen LogP contribution in [-0.2, 0) is 6.42 Å². The van der Waals surface area contributed by atoms with Gasteiger partial charge in [0.1, 0.15) is 0 Å². The predicted octanol–water partition coefficient (Wildman–Crippen LogP) is 3.13. The summed E-state index contributed by atoms with van der Waals surface area (Å²) in [5, 5.41) is 11.4. The topological polar surface area (TPSA) is 59.1 Å². The Hall–Kier alpha value is -1.61. The Bertz CT molecular complexity index is 661. The number of fused-ring (bicyclic) bond motifs is 2. The van der Waals surface area contributed by atoms with Crippen molar-refractivity contribution in [3.8, 4) is 0 Å². The lowest BCUT2D eigenvalue weighted by Gasteiger charge is -2.35. The number of benzene rings is 1. The monoisotopic (exact) mass is 256 g/mol. The summed E-state index contributed by atoms with van der Waals surface area (Å²) < 4.78 is 0. The molecule has 19 heavy (non-hydrogen) atoms. The average molecular weight is 256 g/mol. The van der Waals surface area contributed by atoms with Gasteiger partial charge < -0.3 is 10.8 Å². The largest absolute Gasteiger partial charge is 0.398 e. The van der Waals surface area contributed by atoms with Crippen molar-refractivity contribution < 1.29 is 5.11 Å². The molecule has 0 amide bonds. The molecular weight excluding hydrogens is 236 g/mol. The zero-order chi connectivity index (χ0) is 13.8. The molecule has 3 N–H and O–H groups in total. The Morgan fingerprint density at radius 2 is 2.11 bits per heavy atom. The van der Waals surface area contributed by atoms with Gasteiger partial charge in [0, 0.05) is 22.3 Å². The molecular formula is C16H20N2O. The van der Waals surface area contributed by atoms with Gasteiger partial charge in [-0.3, -0.25) is 4.98 Å². The molecule has 0 saturated carbocycles. The molecule has 2 aromatic rings. The first-order valence-electron chi connectivity index (χ1n) is 6.75. The van der Waals surface area contributed by atoms with Crippen LogP contribution in [0, 0.1) is 12.3 Å². The van der Waals surface area contributed by atoms with Gasteiger partial charge in [0.2, 0.25) is 0 Å². The van der Waals surface area contributed by atoms with E-state index < -0.39 is 6.10 Å². The van der Waals surface area contributed by atoms with Gasteiger partial charge in [-0.05, 0) is 36.8 Å². The average Bonchev–Trinajstić information content (AvgIpc) is 2.25. The number of nitrogens with zero attached hydrogens (tertiary/aromatic N) is 1. The highest BCUT2D eigenvalue weighted by Crippen LogP contribution is 2.44. The van der Waals surface area contributed by atoms with Crippen molar-refractivity contribution in [1.29, 1.82) is 0 Å². The SMILES string of the molecule is Cc1cccc2nc3c(c(N)c12)C(O)CC(C)(C)C3. The van der Waals surface area contributed by atoms with Crippen LogP contribution in [0.3, 0.4) is 0 Å². The van der Waals surface area contributed by atoms with E-state index in [1.54, 1.807) is 0 Å². The smallest absolute Gasteiger partial charge is 0.0833 e. The minimum atomic E-state index is -0.504. The van der Waals surface area contributed by atoms with Crippen LogP contribution in [0.5, 0.6) is 0 Å². The standard InChI is InChI=1S/C16H20N2O/c1-9-5-4-6-10-13(9)15(17)14-11(18-10)7-16(2,3)8-12(14)19/h4-6,12,19H,7-8H2,1-3H3,(H2,17,18). The Balaban J connectivity index is 2.34. The van der Waals surface area contributed by atoms with Crippen molar-refractivity contribution >= 4 is 16.6 Å². The summed E-state index contributed by atoms with van der Waals surface area (Å²) in [6.07, 6.45) is 1.10. The first kappa shape index (κ1) is 12.4. The maximum atomic E-state index is 10.4. The summed E-state index contributed by atoms with van der Waals surface area (Å²) in [6.45, 7) is 6.36. The number of aryl methyl sites for hydroxylation is 1. The van der Waals surface area contributed by atoms with Crippen molar-refractivity contribution in [2.24, 2.45) is 5.41 Å². The van der Waals surface area contributed by atoms with Crippen LogP contribution in [0.1, 0.15) is 43.2 Å². The molecule has 3 rings (SSSR count). The first-order chi connectivity index (χ1) is 8.89. The second kappa shape index (κ2) is 3.94. The van der Waals surface area contributed by atoms with Gasteiger partial charge in [0.05, 0.1) is 11.6 Å². The van der Waals surface area contributed by atoms with Crippen LogP contribution in [-0.4, -0.2) is 10.1 Å². The third kappa shape index (κ3) is 1.89. The van der Waals surface area contributed by atoms with Gasteiger partial charge >= 0.3 is 0 Å². The highest BCUT2D eigenvalue weighted by atomic mass is 16.3. The number of aliphatic hydroxyl groups is 1. The van der Waals surface area contributed by atoms with Crippen LogP contribution in [0.15, 0.2) is 18.2 Å². The maximum Gasteiger partial charge on any atom is 0.0833 e. The third-order valence-electron chi connectivity index (χ3n) is 4.10. The van der Waals surface area contributed by atoms with Crippen LogP contribution in [0.2, 0.25) is 0 Å². The van der Waals surface area contributed by atoms with E-state index >= 15 is 0 Å². The molecule has 0 radical (unpaired) electrons. The van der Waals surface area contributed by atoms with Gasteiger partial charge in [-0.25, -0.2) is 0 Å². The summed E-state index contributed by atoms with van der Waals surface area (Å²) in [4.78, 5) is 4.74. The number of hydrogen-bond donors (Lipinski definition) is 2. The highest BCUT2D eigenvalue weighted by Gasteiger charge is 2.34. The van der Waals surface area contributed by atoms with E-state index in [9.17, 15) is 5.11 Å². The summed E-state index contributed by atoms with van der Waals surface area (Å²) in [6, 6.07) is 6.03. The first-order valence-corrected chi connectivity index (χ1v) is 6.75. The fourth-order valence-electron chi connectivity index (χ4n) is 3.25. The summed E-state index contributed by atoms with van der Waals surface area (Å²) in [7, 11) is 0. The molecule has 1 unspecified atom stereocenters. The molecule has 1 aromatic carbocycles. The molecule has 3 nitrogen and oxygen atoms in total.